The van der Waals surface area contributed by atoms with Gasteiger partial charge < -0.3 is 18.8 Å². The van der Waals surface area contributed by atoms with Crippen molar-refractivity contribution in [1.82, 2.24) is 24.1 Å². The number of fused-ring (bicyclic) bond motifs is 1. The number of ether oxygens (including phenoxy) is 3. The molecule has 1 N–H and O–H groups in total. The molecule has 1 aromatic carbocycles. The third-order valence-corrected chi connectivity index (χ3v) is 4.66. The molecule has 0 spiro atoms. The van der Waals surface area contributed by atoms with Gasteiger partial charge in [-0.3, -0.25) is 23.5 Å². The van der Waals surface area contributed by atoms with E-state index in [1.807, 2.05) is 0 Å². The number of esters is 1. The molecule has 0 saturated carbocycles. The van der Waals surface area contributed by atoms with Crippen LogP contribution in [0.4, 0.5) is 0 Å². The molecule has 0 aliphatic heterocycles. The highest BCUT2D eigenvalue weighted by molar-refractivity contribution is 5.85. The summed E-state index contributed by atoms with van der Waals surface area (Å²) in [6, 6.07) is 3.09. The molecule has 0 saturated heterocycles. The molecule has 13 heteroatoms. The third kappa shape index (κ3) is 4.61. The van der Waals surface area contributed by atoms with Crippen molar-refractivity contribution in [2.24, 2.45) is 19.2 Å². The average Bonchev–Trinajstić information content (AvgIpc) is 3.20. The lowest BCUT2D eigenvalue weighted by Crippen LogP contribution is -2.38. The van der Waals surface area contributed by atoms with Gasteiger partial charge in [0, 0.05) is 26.6 Å². The fourth-order valence-corrected chi connectivity index (χ4v) is 3.10. The Bertz CT molecular complexity index is 1360. The van der Waals surface area contributed by atoms with Gasteiger partial charge in [0.25, 0.3) is 11.5 Å². The van der Waals surface area contributed by atoms with Crippen LogP contribution in [0.5, 0.6) is 17.2 Å². The number of imidazole rings is 1. The Morgan fingerprint density at radius 1 is 1.12 bits per heavy atom. The van der Waals surface area contributed by atoms with Crippen LogP contribution in [0.25, 0.3) is 11.2 Å². The Hall–Kier alpha value is -4.42. The van der Waals surface area contributed by atoms with Crippen molar-refractivity contribution in [3.63, 3.8) is 0 Å². The first kappa shape index (κ1) is 23.2. The predicted molar refractivity (Wildman–Crippen MR) is 117 cm³/mol. The van der Waals surface area contributed by atoms with E-state index in [0.29, 0.717) is 5.56 Å². The van der Waals surface area contributed by atoms with E-state index in [0.717, 1.165) is 4.57 Å². The van der Waals surface area contributed by atoms with E-state index in [1.165, 1.54) is 56.9 Å². The van der Waals surface area contributed by atoms with Crippen LogP contribution in [0.15, 0.2) is 33.2 Å². The number of carbonyl (C=O) groups excluding carboxylic acids is 2. The highest BCUT2D eigenvalue weighted by atomic mass is 16.6. The van der Waals surface area contributed by atoms with E-state index in [2.05, 4.69) is 15.5 Å². The lowest BCUT2D eigenvalue weighted by Gasteiger charge is -2.13. The molecule has 0 unspecified atom stereocenters. The number of benzene rings is 1. The predicted octanol–water partition coefficient (Wildman–Crippen LogP) is -0.473. The Kier molecular flexibility index (Phi) is 6.61. The van der Waals surface area contributed by atoms with E-state index in [4.69, 9.17) is 14.2 Å². The number of hydrogen-bond donors (Lipinski definition) is 1. The molecule has 0 bridgehead atoms. The summed E-state index contributed by atoms with van der Waals surface area (Å²) in [7, 11) is 5.64. The van der Waals surface area contributed by atoms with Crippen LogP contribution >= 0.6 is 0 Å². The van der Waals surface area contributed by atoms with E-state index < -0.39 is 23.1 Å². The normalized spacial score (nSPS) is 11.1. The Balaban J connectivity index is 1.79. The summed E-state index contributed by atoms with van der Waals surface area (Å²) in [5, 5.41) is 3.90. The first-order valence-corrected chi connectivity index (χ1v) is 9.55. The topological polar surface area (TPSA) is 148 Å². The smallest absolute Gasteiger partial charge is 0.332 e. The highest BCUT2D eigenvalue weighted by Gasteiger charge is 2.17. The summed E-state index contributed by atoms with van der Waals surface area (Å²) >= 11 is 0. The number of aryl methyl sites for hydroxylation is 1. The Morgan fingerprint density at radius 2 is 1.76 bits per heavy atom. The van der Waals surface area contributed by atoms with E-state index in [9.17, 15) is 19.2 Å². The maximum atomic E-state index is 12.5. The second-order valence-corrected chi connectivity index (χ2v) is 6.89. The summed E-state index contributed by atoms with van der Waals surface area (Å²) in [6.45, 7) is 1.00. The molecule has 0 fully saturated rings. The summed E-state index contributed by atoms with van der Waals surface area (Å²) < 4.78 is 19.1. The number of rotatable bonds is 7. The minimum absolute atomic E-state index is 0.120. The van der Waals surface area contributed by atoms with Gasteiger partial charge in [-0.2, -0.15) is 5.10 Å². The number of aromatic nitrogens is 4. The third-order valence-electron chi connectivity index (χ3n) is 4.66. The molecule has 0 aliphatic carbocycles. The molecule has 0 atom stereocenters. The SMILES string of the molecule is COc1cc(/C=N/NC(=O)Cn2cnc3c2c(=O)n(C)c(=O)n3C)cc(OC)c1OC(C)=O. The van der Waals surface area contributed by atoms with Gasteiger partial charge in [0.15, 0.2) is 22.7 Å². The van der Waals surface area contributed by atoms with Crippen molar-refractivity contribution < 1.29 is 23.8 Å². The second kappa shape index (κ2) is 9.38. The number of nitrogens with zero attached hydrogens (tertiary/aromatic N) is 5. The molecule has 3 aromatic rings. The fraction of sp³-hybridized carbons (Fsp3) is 0.300. The van der Waals surface area contributed by atoms with Gasteiger partial charge in [0.1, 0.15) is 6.54 Å². The number of nitrogens with one attached hydrogen (secondary N) is 1. The molecule has 2 aromatic heterocycles. The summed E-state index contributed by atoms with van der Waals surface area (Å²) in [5.41, 5.74) is 2.07. The second-order valence-electron chi connectivity index (χ2n) is 6.89. The standard InChI is InChI=1S/C20H22N6O7/c1-11(27)33-17-13(31-4)6-12(7-14(17)32-5)8-22-23-15(28)9-26-10-21-18-16(26)19(29)25(3)20(30)24(18)2/h6-8,10H,9H2,1-5H3,(H,23,28)/b22-8+. The van der Waals surface area contributed by atoms with Gasteiger partial charge in [-0.25, -0.2) is 15.2 Å². The summed E-state index contributed by atoms with van der Waals surface area (Å²) in [5.74, 6) is -0.469. The van der Waals surface area contributed by atoms with Crippen molar-refractivity contribution in [3.05, 3.63) is 44.9 Å². The van der Waals surface area contributed by atoms with Crippen molar-refractivity contribution in [2.75, 3.05) is 14.2 Å². The van der Waals surface area contributed by atoms with Gasteiger partial charge in [0.2, 0.25) is 5.75 Å². The zero-order chi connectivity index (χ0) is 24.3. The first-order valence-electron chi connectivity index (χ1n) is 9.55. The number of carbonyl (C=O) groups is 2. The van der Waals surface area contributed by atoms with Crippen LogP contribution in [-0.4, -0.2) is 51.0 Å². The quantitative estimate of drug-likeness (QED) is 0.216. The molecule has 33 heavy (non-hydrogen) atoms. The molecule has 3 rings (SSSR count). The van der Waals surface area contributed by atoms with Crippen LogP contribution in [0.3, 0.4) is 0 Å². The van der Waals surface area contributed by atoms with Crippen LogP contribution in [-0.2, 0) is 30.2 Å². The van der Waals surface area contributed by atoms with Crippen molar-refractivity contribution in [3.8, 4) is 17.2 Å². The minimum atomic E-state index is -0.561. The summed E-state index contributed by atoms with van der Waals surface area (Å²) in [4.78, 5) is 52.2. The maximum Gasteiger partial charge on any atom is 0.332 e. The largest absolute Gasteiger partial charge is 0.493 e. The number of amides is 1. The van der Waals surface area contributed by atoms with Gasteiger partial charge in [0.05, 0.1) is 26.8 Å². The number of hydrogen-bond acceptors (Lipinski definition) is 9. The van der Waals surface area contributed by atoms with Gasteiger partial charge in [-0.15, -0.1) is 0 Å². The molecule has 2 heterocycles. The van der Waals surface area contributed by atoms with E-state index >= 15 is 0 Å². The average molecular weight is 458 g/mol. The minimum Gasteiger partial charge on any atom is -0.493 e. The molecular formula is C20H22N6O7. The van der Waals surface area contributed by atoms with Gasteiger partial charge >= 0.3 is 11.7 Å². The first-order chi connectivity index (χ1) is 15.7. The molecular weight excluding hydrogens is 436 g/mol. The van der Waals surface area contributed by atoms with Crippen LogP contribution in [0.2, 0.25) is 0 Å². The lowest BCUT2D eigenvalue weighted by molar-refractivity contribution is -0.132. The van der Waals surface area contributed by atoms with E-state index in [1.54, 1.807) is 12.1 Å². The number of methoxy groups -OCH3 is 2. The monoisotopic (exact) mass is 458 g/mol. The lowest BCUT2D eigenvalue weighted by atomic mass is 10.2. The van der Waals surface area contributed by atoms with Gasteiger partial charge in [-0.05, 0) is 12.1 Å². The van der Waals surface area contributed by atoms with Crippen molar-refractivity contribution in [2.45, 2.75) is 13.5 Å². The number of hydrazone groups is 1. The van der Waals surface area contributed by atoms with Crippen LogP contribution < -0.4 is 30.9 Å². The molecule has 0 aliphatic rings. The zero-order valence-electron chi connectivity index (χ0n) is 18.6. The van der Waals surface area contributed by atoms with Gasteiger partial charge in [-0.1, -0.05) is 0 Å². The Labute approximate surface area is 186 Å². The summed E-state index contributed by atoms with van der Waals surface area (Å²) in [6.07, 6.45) is 2.65. The van der Waals surface area contributed by atoms with Crippen LogP contribution in [0, 0.1) is 0 Å². The highest BCUT2D eigenvalue weighted by Crippen LogP contribution is 2.38. The Morgan fingerprint density at radius 3 is 2.33 bits per heavy atom. The molecule has 0 radical (unpaired) electrons. The van der Waals surface area contributed by atoms with E-state index in [-0.39, 0.29) is 35.0 Å². The van der Waals surface area contributed by atoms with Crippen molar-refractivity contribution >= 4 is 29.3 Å². The molecule has 13 nitrogen and oxygen atoms in total. The fourth-order valence-electron chi connectivity index (χ4n) is 3.10. The molecule has 1 amide bonds. The maximum absolute atomic E-state index is 12.5. The van der Waals surface area contributed by atoms with Crippen LogP contribution in [0.1, 0.15) is 12.5 Å². The van der Waals surface area contributed by atoms with Crippen molar-refractivity contribution in [1.29, 1.82) is 0 Å². The molecule has 174 valence electrons. The zero-order valence-corrected chi connectivity index (χ0v) is 18.6.